The zero-order valence-electron chi connectivity index (χ0n) is 9.64. The summed E-state index contributed by atoms with van der Waals surface area (Å²) in [4.78, 5) is 14.3. The standard InChI is InChI=1S/C10H15ClN4O/c1-6(2)16-10-13-8(11)12-9(14-10)15(3)7-4-5-7/h6-7H,4-5H2,1-3H3. The van der Waals surface area contributed by atoms with Gasteiger partial charge in [0.15, 0.2) is 0 Å². The van der Waals surface area contributed by atoms with Gasteiger partial charge in [0.1, 0.15) is 0 Å². The van der Waals surface area contributed by atoms with E-state index in [0.29, 0.717) is 12.0 Å². The second-order valence-electron chi connectivity index (χ2n) is 4.20. The minimum absolute atomic E-state index is 0.0255. The maximum atomic E-state index is 5.83. The Bertz CT molecular complexity index is 381. The first kappa shape index (κ1) is 11.4. The van der Waals surface area contributed by atoms with Crippen molar-refractivity contribution in [1.82, 2.24) is 15.0 Å². The van der Waals surface area contributed by atoms with Crippen LogP contribution in [0.4, 0.5) is 5.95 Å². The van der Waals surface area contributed by atoms with Gasteiger partial charge < -0.3 is 9.64 Å². The summed E-state index contributed by atoms with van der Waals surface area (Å²) in [5.74, 6) is 0.582. The van der Waals surface area contributed by atoms with Crippen LogP contribution in [0.25, 0.3) is 0 Å². The lowest BCUT2D eigenvalue weighted by Gasteiger charge is -2.16. The first-order chi connectivity index (χ1) is 7.56. The van der Waals surface area contributed by atoms with Gasteiger partial charge in [-0.05, 0) is 38.3 Å². The van der Waals surface area contributed by atoms with Crippen LogP contribution in [-0.2, 0) is 0 Å². The Hall–Kier alpha value is -1.10. The van der Waals surface area contributed by atoms with Gasteiger partial charge in [-0.25, -0.2) is 0 Å². The molecule has 0 aliphatic heterocycles. The van der Waals surface area contributed by atoms with Crippen LogP contribution in [0.3, 0.4) is 0 Å². The molecule has 0 atom stereocenters. The summed E-state index contributed by atoms with van der Waals surface area (Å²) in [6, 6.07) is 0.822. The van der Waals surface area contributed by atoms with Crippen molar-refractivity contribution in [3.05, 3.63) is 5.28 Å². The van der Waals surface area contributed by atoms with Crippen LogP contribution in [0.15, 0.2) is 0 Å². The third-order valence-corrected chi connectivity index (χ3v) is 2.50. The molecule has 1 aliphatic carbocycles. The lowest BCUT2D eigenvalue weighted by atomic mass is 10.5. The average Bonchev–Trinajstić information content (AvgIpc) is 2.97. The van der Waals surface area contributed by atoms with Crippen LogP contribution < -0.4 is 9.64 Å². The van der Waals surface area contributed by atoms with Crippen molar-refractivity contribution < 1.29 is 4.74 Å². The van der Waals surface area contributed by atoms with Crippen molar-refractivity contribution in [2.24, 2.45) is 0 Å². The molecule has 16 heavy (non-hydrogen) atoms. The highest BCUT2D eigenvalue weighted by atomic mass is 35.5. The van der Waals surface area contributed by atoms with Crippen LogP contribution in [0.5, 0.6) is 6.01 Å². The number of aromatic nitrogens is 3. The van der Waals surface area contributed by atoms with E-state index in [1.54, 1.807) is 0 Å². The van der Waals surface area contributed by atoms with Crippen LogP contribution in [-0.4, -0.2) is 34.1 Å². The molecule has 2 rings (SSSR count). The topological polar surface area (TPSA) is 51.1 Å². The van der Waals surface area contributed by atoms with Gasteiger partial charge in [0.25, 0.3) is 0 Å². The molecule has 0 amide bonds. The summed E-state index contributed by atoms with van der Waals surface area (Å²) < 4.78 is 5.41. The molecule has 0 bridgehead atoms. The highest BCUT2D eigenvalue weighted by Gasteiger charge is 2.28. The molecule has 1 heterocycles. The maximum absolute atomic E-state index is 5.83. The van der Waals surface area contributed by atoms with E-state index < -0.39 is 0 Å². The summed E-state index contributed by atoms with van der Waals surface area (Å²) >= 11 is 5.83. The summed E-state index contributed by atoms with van der Waals surface area (Å²) in [6.07, 6.45) is 2.39. The summed E-state index contributed by atoms with van der Waals surface area (Å²) in [5, 5.41) is 0.174. The molecule has 5 nitrogen and oxygen atoms in total. The van der Waals surface area contributed by atoms with Gasteiger partial charge in [0.2, 0.25) is 11.2 Å². The Labute approximate surface area is 99.8 Å². The van der Waals surface area contributed by atoms with Gasteiger partial charge in [-0.3, -0.25) is 0 Å². The number of nitrogens with zero attached hydrogens (tertiary/aromatic N) is 4. The quantitative estimate of drug-likeness (QED) is 0.807. The van der Waals surface area contributed by atoms with E-state index in [1.165, 1.54) is 12.8 Å². The normalized spacial score (nSPS) is 15.3. The van der Waals surface area contributed by atoms with Gasteiger partial charge in [0.05, 0.1) is 6.10 Å². The van der Waals surface area contributed by atoms with Crippen molar-refractivity contribution in [2.75, 3.05) is 11.9 Å². The Morgan fingerprint density at radius 2 is 2.00 bits per heavy atom. The molecule has 1 aliphatic rings. The average molecular weight is 243 g/mol. The molecule has 1 aromatic heterocycles. The second-order valence-corrected chi connectivity index (χ2v) is 4.53. The lowest BCUT2D eigenvalue weighted by molar-refractivity contribution is 0.221. The van der Waals surface area contributed by atoms with E-state index in [1.807, 2.05) is 25.8 Å². The van der Waals surface area contributed by atoms with Crippen molar-refractivity contribution in [3.8, 4) is 6.01 Å². The van der Waals surface area contributed by atoms with Gasteiger partial charge in [0, 0.05) is 13.1 Å². The molecule has 6 heteroatoms. The predicted octanol–water partition coefficient (Wildman–Crippen LogP) is 1.91. The number of halogens is 1. The second kappa shape index (κ2) is 4.41. The van der Waals surface area contributed by atoms with Gasteiger partial charge in [-0.1, -0.05) is 0 Å². The zero-order valence-corrected chi connectivity index (χ0v) is 10.4. The first-order valence-corrected chi connectivity index (χ1v) is 5.75. The van der Waals surface area contributed by atoms with Crippen LogP contribution in [0.2, 0.25) is 5.28 Å². The Kier molecular flexibility index (Phi) is 3.14. The van der Waals surface area contributed by atoms with Crippen molar-refractivity contribution >= 4 is 17.5 Å². The van der Waals surface area contributed by atoms with Gasteiger partial charge in [-0.15, -0.1) is 0 Å². The van der Waals surface area contributed by atoms with E-state index in [0.717, 1.165) is 0 Å². The van der Waals surface area contributed by atoms with Gasteiger partial charge >= 0.3 is 6.01 Å². The van der Waals surface area contributed by atoms with Gasteiger partial charge in [-0.2, -0.15) is 15.0 Å². The fraction of sp³-hybridized carbons (Fsp3) is 0.700. The Balaban J connectivity index is 2.20. The molecule has 88 valence electrons. The lowest BCUT2D eigenvalue weighted by Crippen LogP contribution is -2.23. The van der Waals surface area contributed by atoms with E-state index in [2.05, 4.69) is 15.0 Å². The molecule has 0 radical (unpaired) electrons. The molecule has 0 aromatic carbocycles. The molecule has 1 saturated carbocycles. The molecule has 0 N–H and O–H groups in total. The molecular weight excluding hydrogens is 228 g/mol. The summed E-state index contributed by atoms with van der Waals surface area (Å²) in [6.45, 7) is 3.84. The highest BCUT2D eigenvalue weighted by Crippen LogP contribution is 2.29. The molecule has 0 spiro atoms. The monoisotopic (exact) mass is 242 g/mol. The maximum Gasteiger partial charge on any atom is 0.322 e. The number of hydrogen-bond donors (Lipinski definition) is 0. The fourth-order valence-corrected chi connectivity index (χ4v) is 1.52. The minimum atomic E-state index is 0.0255. The summed E-state index contributed by atoms with van der Waals surface area (Å²) in [5.41, 5.74) is 0. The minimum Gasteiger partial charge on any atom is -0.461 e. The smallest absolute Gasteiger partial charge is 0.322 e. The zero-order chi connectivity index (χ0) is 11.7. The Morgan fingerprint density at radius 1 is 1.31 bits per heavy atom. The molecular formula is C10H15ClN4O. The molecule has 0 unspecified atom stereocenters. The van der Waals surface area contributed by atoms with E-state index in [-0.39, 0.29) is 17.4 Å². The third kappa shape index (κ3) is 2.72. The fourth-order valence-electron chi connectivity index (χ4n) is 1.37. The van der Waals surface area contributed by atoms with E-state index >= 15 is 0 Å². The van der Waals surface area contributed by atoms with E-state index in [9.17, 15) is 0 Å². The van der Waals surface area contributed by atoms with Crippen molar-refractivity contribution in [3.63, 3.8) is 0 Å². The number of anilines is 1. The molecule has 0 saturated heterocycles. The van der Waals surface area contributed by atoms with Crippen LogP contribution >= 0.6 is 11.6 Å². The molecule has 1 aromatic rings. The SMILES string of the molecule is CC(C)Oc1nc(Cl)nc(N(C)C2CC2)n1. The highest BCUT2D eigenvalue weighted by molar-refractivity contribution is 6.28. The third-order valence-electron chi connectivity index (χ3n) is 2.33. The van der Waals surface area contributed by atoms with E-state index in [4.69, 9.17) is 16.3 Å². The predicted molar refractivity (Wildman–Crippen MR) is 62.0 cm³/mol. The number of rotatable bonds is 4. The Morgan fingerprint density at radius 3 is 2.56 bits per heavy atom. The van der Waals surface area contributed by atoms with Crippen LogP contribution in [0.1, 0.15) is 26.7 Å². The number of hydrogen-bond acceptors (Lipinski definition) is 5. The first-order valence-electron chi connectivity index (χ1n) is 5.37. The number of ether oxygens (including phenoxy) is 1. The largest absolute Gasteiger partial charge is 0.461 e. The van der Waals surface area contributed by atoms with Crippen LogP contribution in [0, 0.1) is 0 Å². The molecule has 1 fully saturated rings. The summed E-state index contributed by atoms with van der Waals surface area (Å²) in [7, 11) is 1.96. The van der Waals surface area contributed by atoms with Crippen molar-refractivity contribution in [1.29, 1.82) is 0 Å². The van der Waals surface area contributed by atoms with Crippen molar-refractivity contribution in [2.45, 2.75) is 38.8 Å².